The molecule has 0 heterocycles. The summed E-state index contributed by atoms with van der Waals surface area (Å²) in [5, 5.41) is 9.29. The summed E-state index contributed by atoms with van der Waals surface area (Å²) in [7, 11) is 2.03. The fourth-order valence-corrected chi connectivity index (χ4v) is 2.41. The second kappa shape index (κ2) is 7.45. The molecule has 0 amide bonds. The van der Waals surface area contributed by atoms with E-state index in [4.69, 9.17) is 0 Å². The third-order valence-electron chi connectivity index (χ3n) is 3.80. The molecule has 0 aliphatic rings. The summed E-state index contributed by atoms with van der Waals surface area (Å²) in [5.41, 5.74) is 4.28. The van der Waals surface area contributed by atoms with E-state index in [1.807, 2.05) is 56.4 Å². The van der Waals surface area contributed by atoms with E-state index < -0.39 is 5.97 Å². The maximum atomic E-state index is 11.3. The number of benzene rings is 2. The Morgan fingerprint density at radius 2 is 1.83 bits per heavy atom. The molecule has 0 spiro atoms. The molecule has 118 valence electrons. The van der Waals surface area contributed by atoms with E-state index in [0.717, 1.165) is 23.4 Å². The Labute approximate surface area is 137 Å². The summed E-state index contributed by atoms with van der Waals surface area (Å²) in [6.45, 7) is 6.54. The standard InChI is InChI=1S/C20H21NO2/c1-4-7-15(2)21(3)14-16-10-12-17(13-11-16)18-8-5-6-9-19(18)20(22)23/h4-13H,1,14H2,2-3H3,(H,22,23)/b15-7+. The average molecular weight is 307 g/mol. The number of rotatable bonds is 6. The fraction of sp³-hybridized carbons (Fsp3) is 0.150. The molecule has 0 saturated heterocycles. The molecule has 3 nitrogen and oxygen atoms in total. The SMILES string of the molecule is C=C/C=C(\C)N(C)Cc1ccc(-c2ccccc2C(=O)O)cc1. The molecule has 0 radical (unpaired) electrons. The highest BCUT2D eigenvalue weighted by atomic mass is 16.4. The highest BCUT2D eigenvalue weighted by molar-refractivity contribution is 5.95. The number of aromatic carboxylic acids is 1. The van der Waals surface area contributed by atoms with Crippen LogP contribution in [0.25, 0.3) is 11.1 Å². The molecule has 0 aromatic heterocycles. The minimum Gasteiger partial charge on any atom is -0.478 e. The number of carboxylic acid groups (broad SMARTS) is 1. The van der Waals surface area contributed by atoms with Crippen LogP contribution >= 0.6 is 0 Å². The molecule has 23 heavy (non-hydrogen) atoms. The van der Waals surface area contributed by atoms with E-state index in [1.54, 1.807) is 18.2 Å². The number of allylic oxidation sites excluding steroid dienone is 3. The van der Waals surface area contributed by atoms with Crippen LogP contribution < -0.4 is 0 Å². The van der Waals surface area contributed by atoms with Gasteiger partial charge in [-0.3, -0.25) is 0 Å². The molecule has 0 saturated carbocycles. The molecule has 0 fully saturated rings. The van der Waals surface area contributed by atoms with Crippen LogP contribution in [-0.2, 0) is 6.54 Å². The first kappa shape index (κ1) is 16.6. The zero-order valence-corrected chi connectivity index (χ0v) is 13.5. The quantitative estimate of drug-likeness (QED) is 0.795. The minimum absolute atomic E-state index is 0.321. The van der Waals surface area contributed by atoms with Gasteiger partial charge < -0.3 is 10.0 Å². The maximum Gasteiger partial charge on any atom is 0.336 e. The molecule has 3 heteroatoms. The predicted octanol–water partition coefficient (Wildman–Crippen LogP) is 4.57. The Bertz CT molecular complexity index is 730. The summed E-state index contributed by atoms with van der Waals surface area (Å²) in [6, 6.07) is 15.1. The van der Waals surface area contributed by atoms with Gasteiger partial charge in [-0.15, -0.1) is 0 Å². The lowest BCUT2D eigenvalue weighted by Gasteiger charge is -2.20. The molecular formula is C20H21NO2. The number of carbonyl (C=O) groups is 1. The largest absolute Gasteiger partial charge is 0.478 e. The number of hydrogen-bond donors (Lipinski definition) is 1. The Morgan fingerprint density at radius 1 is 1.17 bits per heavy atom. The van der Waals surface area contributed by atoms with Crippen LogP contribution in [0.15, 0.2) is 73.0 Å². The normalized spacial score (nSPS) is 11.1. The summed E-state index contributed by atoms with van der Waals surface area (Å²) in [4.78, 5) is 13.5. The highest BCUT2D eigenvalue weighted by Gasteiger charge is 2.10. The van der Waals surface area contributed by atoms with Gasteiger partial charge in [0.2, 0.25) is 0 Å². The first-order valence-electron chi connectivity index (χ1n) is 7.45. The van der Waals surface area contributed by atoms with E-state index >= 15 is 0 Å². The zero-order valence-electron chi connectivity index (χ0n) is 13.5. The van der Waals surface area contributed by atoms with Crippen LogP contribution in [0, 0.1) is 0 Å². The van der Waals surface area contributed by atoms with Crippen LogP contribution in [0.2, 0.25) is 0 Å². The van der Waals surface area contributed by atoms with Crippen molar-refractivity contribution in [2.45, 2.75) is 13.5 Å². The van der Waals surface area contributed by atoms with Gasteiger partial charge in [0.05, 0.1) is 5.56 Å². The van der Waals surface area contributed by atoms with E-state index in [9.17, 15) is 9.90 Å². The average Bonchev–Trinajstić information content (AvgIpc) is 2.55. The van der Waals surface area contributed by atoms with Crippen LogP contribution in [0.1, 0.15) is 22.8 Å². The monoisotopic (exact) mass is 307 g/mol. The molecule has 0 atom stereocenters. The summed E-state index contributed by atoms with van der Waals surface area (Å²) in [6.07, 6.45) is 3.75. The first-order valence-corrected chi connectivity index (χ1v) is 7.45. The molecule has 0 unspecified atom stereocenters. The van der Waals surface area contributed by atoms with Gasteiger partial charge in [0.1, 0.15) is 0 Å². The molecule has 2 aromatic carbocycles. The van der Waals surface area contributed by atoms with Gasteiger partial charge in [0, 0.05) is 19.3 Å². The van der Waals surface area contributed by atoms with Crippen molar-refractivity contribution in [3.05, 3.63) is 84.1 Å². The lowest BCUT2D eigenvalue weighted by atomic mass is 9.98. The van der Waals surface area contributed by atoms with Crippen LogP contribution in [0.4, 0.5) is 0 Å². The number of nitrogens with zero attached hydrogens (tertiary/aromatic N) is 1. The van der Waals surface area contributed by atoms with Crippen molar-refractivity contribution in [2.24, 2.45) is 0 Å². The van der Waals surface area contributed by atoms with Gasteiger partial charge in [0.25, 0.3) is 0 Å². The molecule has 2 aromatic rings. The summed E-state index contributed by atoms with van der Waals surface area (Å²) < 4.78 is 0. The Balaban J connectivity index is 2.22. The topological polar surface area (TPSA) is 40.5 Å². The van der Waals surface area contributed by atoms with Crippen molar-refractivity contribution in [1.29, 1.82) is 0 Å². The van der Waals surface area contributed by atoms with Gasteiger partial charge in [0.15, 0.2) is 0 Å². The first-order chi connectivity index (χ1) is 11.0. The van der Waals surface area contributed by atoms with E-state index in [-0.39, 0.29) is 0 Å². The molecule has 0 aliphatic carbocycles. The number of hydrogen-bond acceptors (Lipinski definition) is 2. The van der Waals surface area contributed by atoms with E-state index in [2.05, 4.69) is 11.5 Å². The van der Waals surface area contributed by atoms with Crippen molar-refractivity contribution in [3.8, 4) is 11.1 Å². The van der Waals surface area contributed by atoms with Crippen molar-refractivity contribution >= 4 is 5.97 Å². The van der Waals surface area contributed by atoms with E-state index in [0.29, 0.717) is 5.56 Å². The van der Waals surface area contributed by atoms with Crippen molar-refractivity contribution < 1.29 is 9.90 Å². The Morgan fingerprint density at radius 3 is 2.43 bits per heavy atom. The lowest BCUT2D eigenvalue weighted by molar-refractivity contribution is 0.0697. The third kappa shape index (κ3) is 4.10. The van der Waals surface area contributed by atoms with Gasteiger partial charge in [-0.2, -0.15) is 0 Å². The predicted molar refractivity (Wildman–Crippen MR) is 94.3 cm³/mol. The molecule has 1 N–H and O–H groups in total. The molecular weight excluding hydrogens is 286 g/mol. The van der Waals surface area contributed by atoms with Crippen molar-refractivity contribution in [2.75, 3.05) is 7.05 Å². The number of carboxylic acids is 1. The maximum absolute atomic E-state index is 11.3. The second-order valence-corrected chi connectivity index (χ2v) is 5.45. The smallest absolute Gasteiger partial charge is 0.336 e. The molecule has 0 bridgehead atoms. The zero-order chi connectivity index (χ0) is 16.8. The Kier molecular flexibility index (Phi) is 5.36. The fourth-order valence-electron chi connectivity index (χ4n) is 2.41. The van der Waals surface area contributed by atoms with E-state index in [1.165, 1.54) is 5.56 Å². The highest BCUT2D eigenvalue weighted by Crippen LogP contribution is 2.24. The second-order valence-electron chi connectivity index (χ2n) is 5.45. The van der Waals surface area contributed by atoms with Gasteiger partial charge in [-0.25, -0.2) is 4.79 Å². The van der Waals surface area contributed by atoms with Gasteiger partial charge in [-0.05, 0) is 35.8 Å². The molecule has 0 aliphatic heterocycles. The van der Waals surface area contributed by atoms with Crippen LogP contribution in [0.3, 0.4) is 0 Å². The molecule has 2 rings (SSSR count). The third-order valence-corrected chi connectivity index (χ3v) is 3.80. The van der Waals surface area contributed by atoms with Crippen molar-refractivity contribution in [1.82, 2.24) is 4.90 Å². The van der Waals surface area contributed by atoms with Gasteiger partial charge in [-0.1, -0.05) is 55.1 Å². The Hall–Kier alpha value is -2.81. The van der Waals surface area contributed by atoms with Crippen LogP contribution in [0.5, 0.6) is 0 Å². The lowest BCUT2D eigenvalue weighted by Crippen LogP contribution is -2.15. The summed E-state index contributed by atoms with van der Waals surface area (Å²) >= 11 is 0. The van der Waals surface area contributed by atoms with Crippen LogP contribution in [-0.4, -0.2) is 23.0 Å². The summed E-state index contributed by atoms with van der Waals surface area (Å²) in [5.74, 6) is -0.908. The minimum atomic E-state index is -0.908. The van der Waals surface area contributed by atoms with Gasteiger partial charge >= 0.3 is 5.97 Å². The van der Waals surface area contributed by atoms with Crippen molar-refractivity contribution in [3.63, 3.8) is 0 Å².